The number of hydrogen-bond donors (Lipinski definition) is 1. The Hall–Kier alpha value is -3.03. The number of allylic oxidation sites excluding steroid dienone is 2. The van der Waals surface area contributed by atoms with Gasteiger partial charge in [-0.15, -0.1) is 0 Å². The summed E-state index contributed by atoms with van der Waals surface area (Å²) in [5.41, 5.74) is 1.70. The summed E-state index contributed by atoms with van der Waals surface area (Å²) in [6.07, 6.45) is 2.24. The predicted molar refractivity (Wildman–Crippen MR) is 138 cm³/mol. The highest BCUT2D eigenvalue weighted by Crippen LogP contribution is 2.38. The molecule has 4 rings (SSSR count). The van der Waals surface area contributed by atoms with Crippen molar-refractivity contribution in [1.29, 1.82) is 0 Å². The summed E-state index contributed by atoms with van der Waals surface area (Å²) in [7, 11) is 0. The largest absolute Gasteiger partial charge is 0.493 e. The number of benzene rings is 2. The van der Waals surface area contributed by atoms with Gasteiger partial charge in [0.2, 0.25) is 11.7 Å². The number of likely N-dealkylation sites (tertiary alicyclic amines) is 1. The zero-order valence-corrected chi connectivity index (χ0v) is 21.7. The van der Waals surface area contributed by atoms with Crippen LogP contribution in [0.5, 0.6) is 11.5 Å². The topological polar surface area (TPSA) is 84.9 Å². The number of hydrogen-bond acceptors (Lipinski definition) is 5. The van der Waals surface area contributed by atoms with Crippen molar-refractivity contribution < 1.29 is 23.9 Å². The molecule has 1 saturated heterocycles. The van der Waals surface area contributed by atoms with E-state index in [0.29, 0.717) is 83.8 Å². The fourth-order valence-electron chi connectivity index (χ4n) is 4.28. The average molecular weight is 531 g/mol. The van der Waals surface area contributed by atoms with E-state index in [4.69, 9.17) is 32.7 Å². The number of ketones is 1. The summed E-state index contributed by atoms with van der Waals surface area (Å²) >= 11 is 11.9. The van der Waals surface area contributed by atoms with Gasteiger partial charge in [0.1, 0.15) is 17.1 Å². The number of amides is 2. The number of ether oxygens (including phenoxy) is 2. The second-order valence-corrected chi connectivity index (χ2v) is 9.91. The molecule has 2 aliphatic heterocycles. The quantitative estimate of drug-likeness (QED) is 0.380. The summed E-state index contributed by atoms with van der Waals surface area (Å²) in [6.45, 7) is 5.14. The van der Waals surface area contributed by atoms with Crippen molar-refractivity contribution >= 4 is 40.8 Å². The molecule has 1 N–H and O–H groups in total. The molecule has 2 heterocycles. The van der Waals surface area contributed by atoms with Crippen molar-refractivity contribution in [3.8, 4) is 11.5 Å². The third-order valence-electron chi connectivity index (χ3n) is 6.24. The van der Waals surface area contributed by atoms with Crippen LogP contribution in [0, 0.1) is 0 Å². The maximum atomic E-state index is 12.7. The molecule has 0 bridgehead atoms. The Kier molecular flexibility index (Phi) is 8.21. The molecule has 2 aromatic carbocycles. The van der Waals surface area contributed by atoms with Crippen molar-refractivity contribution in [2.75, 3.05) is 19.7 Å². The minimum absolute atomic E-state index is 0.00929. The van der Waals surface area contributed by atoms with Crippen molar-refractivity contribution in [2.24, 2.45) is 0 Å². The number of carbonyl (C=O) groups excluding carboxylic acids is 3. The van der Waals surface area contributed by atoms with Gasteiger partial charge in [-0.05, 0) is 69.0 Å². The Labute approximate surface area is 220 Å². The summed E-state index contributed by atoms with van der Waals surface area (Å²) < 4.78 is 11.5. The molecule has 2 aromatic rings. The van der Waals surface area contributed by atoms with Gasteiger partial charge in [0.15, 0.2) is 5.76 Å². The van der Waals surface area contributed by atoms with Gasteiger partial charge in [-0.2, -0.15) is 0 Å². The average Bonchev–Trinajstić information content (AvgIpc) is 3.21. The first-order chi connectivity index (χ1) is 17.2. The van der Waals surface area contributed by atoms with Gasteiger partial charge in [0.25, 0.3) is 5.91 Å². The molecule has 1 fully saturated rings. The third kappa shape index (κ3) is 5.85. The third-order valence-corrected chi connectivity index (χ3v) is 6.98. The van der Waals surface area contributed by atoms with E-state index in [1.807, 2.05) is 18.7 Å². The minimum atomic E-state index is -0.205. The normalized spacial score (nSPS) is 15.4. The zero-order chi connectivity index (χ0) is 25.8. The molecule has 0 spiro atoms. The zero-order valence-electron chi connectivity index (χ0n) is 20.2. The number of piperidine rings is 1. The molecule has 0 saturated carbocycles. The lowest BCUT2D eigenvalue weighted by Crippen LogP contribution is -2.46. The van der Waals surface area contributed by atoms with E-state index in [1.165, 1.54) is 0 Å². The van der Waals surface area contributed by atoms with Crippen LogP contribution in [0.1, 0.15) is 60.2 Å². The van der Waals surface area contributed by atoms with E-state index >= 15 is 0 Å². The van der Waals surface area contributed by atoms with Crippen LogP contribution in [0.15, 0.2) is 47.7 Å². The molecular weight excluding hydrogens is 503 g/mol. The Morgan fingerprint density at radius 3 is 2.56 bits per heavy atom. The van der Waals surface area contributed by atoms with Crippen molar-refractivity contribution in [3.63, 3.8) is 0 Å². The smallest absolute Gasteiger partial charge is 0.251 e. The molecular formula is C27H28Cl2N2O5. The van der Waals surface area contributed by atoms with Gasteiger partial charge in [0, 0.05) is 31.1 Å². The lowest BCUT2D eigenvalue weighted by atomic mass is 10.0. The maximum Gasteiger partial charge on any atom is 0.251 e. The number of carbonyl (C=O) groups is 3. The highest BCUT2D eigenvalue weighted by atomic mass is 35.5. The van der Waals surface area contributed by atoms with Gasteiger partial charge >= 0.3 is 0 Å². The number of nitrogens with zero attached hydrogens (tertiary/aromatic N) is 1. The number of Topliss-reactive ketones (excluding diaryl/α,β-unsaturated/α-hetero) is 1. The standard InChI is InChI=1S/C27H28Cl2N2O5/c1-16(2)26-25(33)24-21(5-3-6-22(24)36-26)35-14-4-7-23(32)31-12-10-18(11-13-31)30-27(34)17-8-9-19(28)20(29)15-17/h3,5-6,8-9,15,18H,4,7,10-14H2,1-2H3,(H,30,34). The highest BCUT2D eigenvalue weighted by Gasteiger charge is 2.31. The summed E-state index contributed by atoms with van der Waals surface area (Å²) in [4.78, 5) is 39.6. The van der Waals surface area contributed by atoms with E-state index in [9.17, 15) is 14.4 Å². The first-order valence-electron chi connectivity index (χ1n) is 11.9. The Morgan fingerprint density at radius 1 is 1.11 bits per heavy atom. The molecule has 36 heavy (non-hydrogen) atoms. The van der Waals surface area contributed by atoms with Crippen LogP contribution in [0.25, 0.3) is 0 Å². The van der Waals surface area contributed by atoms with Crippen LogP contribution >= 0.6 is 23.2 Å². The summed E-state index contributed by atoms with van der Waals surface area (Å²) in [5.74, 6) is 0.984. The molecule has 9 heteroatoms. The second kappa shape index (κ2) is 11.4. The first-order valence-corrected chi connectivity index (χ1v) is 12.7. The van der Waals surface area contributed by atoms with E-state index in [0.717, 1.165) is 5.57 Å². The van der Waals surface area contributed by atoms with E-state index in [1.54, 1.807) is 36.4 Å². The van der Waals surface area contributed by atoms with Crippen molar-refractivity contribution in [2.45, 2.75) is 45.6 Å². The highest BCUT2D eigenvalue weighted by molar-refractivity contribution is 6.42. The lowest BCUT2D eigenvalue weighted by Gasteiger charge is -2.32. The first kappa shape index (κ1) is 26.0. The molecule has 2 aliphatic rings. The fraction of sp³-hybridized carbons (Fsp3) is 0.370. The van der Waals surface area contributed by atoms with E-state index in [2.05, 4.69) is 5.32 Å². The van der Waals surface area contributed by atoms with Gasteiger partial charge in [0.05, 0.1) is 16.7 Å². The maximum absolute atomic E-state index is 12.7. The van der Waals surface area contributed by atoms with Crippen LogP contribution in [0.3, 0.4) is 0 Å². The predicted octanol–water partition coefficient (Wildman–Crippen LogP) is 5.44. The number of nitrogens with one attached hydrogen (secondary N) is 1. The van der Waals surface area contributed by atoms with Crippen molar-refractivity contribution in [1.82, 2.24) is 10.2 Å². The molecule has 0 radical (unpaired) electrons. The van der Waals surface area contributed by atoms with Gasteiger partial charge in [-0.3, -0.25) is 14.4 Å². The van der Waals surface area contributed by atoms with Crippen LogP contribution in [-0.2, 0) is 4.79 Å². The number of fused-ring (bicyclic) bond motifs is 1. The fourth-order valence-corrected chi connectivity index (χ4v) is 4.58. The second-order valence-electron chi connectivity index (χ2n) is 9.10. The number of rotatable bonds is 7. The molecule has 0 unspecified atom stereocenters. The van der Waals surface area contributed by atoms with Crippen molar-refractivity contribution in [3.05, 3.63) is 68.9 Å². The minimum Gasteiger partial charge on any atom is -0.493 e. The summed E-state index contributed by atoms with van der Waals surface area (Å²) in [6, 6.07) is 10.0. The Bertz CT molecular complexity index is 1210. The molecule has 0 aromatic heterocycles. The van der Waals surface area contributed by atoms with Gasteiger partial charge in [-0.25, -0.2) is 0 Å². The van der Waals surface area contributed by atoms with Gasteiger partial charge in [-0.1, -0.05) is 29.3 Å². The van der Waals surface area contributed by atoms with Crippen LogP contribution in [0.2, 0.25) is 10.0 Å². The Morgan fingerprint density at radius 2 is 1.86 bits per heavy atom. The monoisotopic (exact) mass is 530 g/mol. The molecule has 2 amide bonds. The Balaban J connectivity index is 1.20. The molecule has 0 atom stereocenters. The summed E-state index contributed by atoms with van der Waals surface area (Å²) in [5, 5.41) is 3.74. The molecule has 0 aliphatic carbocycles. The molecule has 7 nitrogen and oxygen atoms in total. The van der Waals surface area contributed by atoms with Gasteiger partial charge < -0.3 is 19.7 Å². The van der Waals surface area contributed by atoms with Crippen LogP contribution in [-0.4, -0.2) is 48.2 Å². The molecule has 190 valence electrons. The van der Waals surface area contributed by atoms with Crippen LogP contribution < -0.4 is 14.8 Å². The number of halogens is 2. The van der Waals surface area contributed by atoms with E-state index in [-0.39, 0.29) is 23.6 Å². The SMILES string of the molecule is CC(C)=C1Oc2cccc(OCCCC(=O)N3CCC(NC(=O)c4ccc(Cl)c(Cl)c4)CC3)c2C1=O. The van der Waals surface area contributed by atoms with E-state index < -0.39 is 0 Å². The van der Waals surface area contributed by atoms with Crippen LogP contribution in [0.4, 0.5) is 0 Å². The lowest BCUT2D eigenvalue weighted by molar-refractivity contribution is -0.132.